The number of para-hydroxylation sites is 2. The molecule has 0 bridgehead atoms. The van der Waals surface area contributed by atoms with Gasteiger partial charge < -0.3 is 16.4 Å². The molecule has 1 heterocycles. The normalized spacial score (nSPS) is 14.3. The van der Waals surface area contributed by atoms with Crippen molar-refractivity contribution in [1.29, 1.82) is 0 Å². The molecule has 1 aliphatic heterocycles. The maximum atomic E-state index is 12.3. The number of carbonyl (C=O) groups excluding carboxylic acids is 1. The topological polar surface area (TPSA) is 67.1 Å². The molecule has 0 fully saturated rings. The zero-order valence-electron chi connectivity index (χ0n) is 12.3. The van der Waals surface area contributed by atoms with Crippen LogP contribution in [0.2, 0.25) is 0 Å². The number of hydrogen-bond acceptors (Lipinski definition) is 3. The second-order valence-corrected chi connectivity index (χ2v) is 5.30. The molecule has 0 saturated heterocycles. The second-order valence-electron chi connectivity index (χ2n) is 5.30. The van der Waals surface area contributed by atoms with Crippen molar-refractivity contribution in [2.45, 2.75) is 6.42 Å². The summed E-state index contributed by atoms with van der Waals surface area (Å²) in [5, 5.41) is 6.13. The summed E-state index contributed by atoms with van der Waals surface area (Å²) in [7, 11) is 0. The summed E-state index contributed by atoms with van der Waals surface area (Å²) >= 11 is 0. The molecule has 0 saturated carbocycles. The first kappa shape index (κ1) is 14.4. The Morgan fingerprint density at radius 1 is 1.09 bits per heavy atom. The lowest BCUT2D eigenvalue weighted by Gasteiger charge is -2.14. The number of amides is 1. The third kappa shape index (κ3) is 3.18. The lowest BCUT2D eigenvalue weighted by atomic mass is 9.99. The predicted octanol–water partition coefficient (Wildman–Crippen LogP) is 2.90. The quantitative estimate of drug-likeness (QED) is 0.762. The highest BCUT2D eigenvalue weighted by atomic mass is 16.1. The van der Waals surface area contributed by atoms with Crippen LogP contribution in [0.15, 0.2) is 54.6 Å². The molecule has 4 N–H and O–H groups in total. The minimum atomic E-state index is -0.149. The molecule has 22 heavy (non-hydrogen) atoms. The highest BCUT2D eigenvalue weighted by molar-refractivity contribution is 6.05. The van der Waals surface area contributed by atoms with Gasteiger partial charge in [-0.05, 0) is 48.4 Å². The Bertz CT molecular complexity index is 705. The first-order chi connectivity index (χ1) is 10.7. The van der Waals surface area contributed by atoms with E-state index in [1.807, 2.05) is 36.4 Å². The molecule has 0 aliphatic carbocycles. The minimum Gasteiger partial charge on any atom is -0.397 e. The van der Waals surface area contributed by atoms with Crippen LogP contribution in [-0.4, -0.2) is 19.0 Å². The van der Waals surface area contributed by atoms with E-state index in [1.165, 1.54) is 11.1 Å². The fourth-order valence-corrected chi connectivity index (χ4v) is 2.53. The van der Waals surface area contributed by atoms with Crippen LogP contribution in [0.4, 0.5) is 11.4 Å². The maximum absolute atomic E-state index is 12.3. The molecule has 4 nitrogen and oxygen atoms in total. The Kier molecular flexibility index (Phi) is 4.21. The smallest absolute Gasteiger partial charge is 0.255 e. The Labute approximate surface area is 130 Å². The predicted molar refractivity (Wildman–Crippen MR) is 90.7 cm³/mol. The van der Waals surface area contributed by atoms with Gasteiger partial charge in [-0.15, -0.1) is 0 Å². The molecular formula is C18H19N3O. The third-order valence-corrected chi connectivity index (χ3v) is 3.79. The number of nitrogens with one attached hydrogen (secondary N) is 2. The van der Waals surface area contributed by atoms with Crippen LogP contribution in [0.3, 0.4) is 0 Å². The molecule has 2 aromatic carbocycles. The lowest BCUT2D eigenvalue weighted by Crippen LogP contribution is -2.20. The molecule has 2 aromatic rings. The van der Waals surface area contributed by atoms with Gasteiger partial charge >= 0.3 is 0 Å². The van der Waals surface area contributed by atoms with E-state index < -0.39 is 0 Å². The summed E-state index contributed by atoms with van der Waals surface area (Å²) in [6.45, 7) is 1.91. The molecule has 0 aromatic heterocycles. The summed E-state index contributed by atoms with van der Waals surface area (Å²) in [5.74, 6) is -0.149. The van der Waals surface area contributed by atoms with E-state index >= 15 is 0 Å². The van der Waals surface area contributed by atoms with E-state index in [2.05, 4.69) is 16.7 Å². The Morgan fingerprint density at radius 2 is 1.86 bits per heavy atom. The van der Waals surface area contributed by atoms with Gasteiger partial charge in [-0.2, -0.15) is 0 Å². The van der Waals surface area contributed by atoms with Crippen molar-refractivity contribution in [3.63, 3.8) is 0 Å². The van der Waals surface area contributed by atoms with Crippen LogP contribution in [0, 0.1) is 0 Å². The number of rotatable bonds is 3. The van der Waals surface area contributed by atoms with Crippen LogP contribution in [0.1, 0.15) is 22.3 Å². The van der Waals surface area contributed by atoms with E-state index in [4.69, 9.17) is 5.73 Å². The zero-order chi connectivity index (χ0) is 15.4. The Hall–Kier alpha value is -2.59. The first-order valence-electron chi connectivity index (χ1n) is 7.40. The molecule has 1 aliphatic rings. The van der Waals surface area contributed by atoms with Crippen molar-refractivity contribution in [3.05, 3.63) is 65.7 Å². The van der Waals surface area contributed by atoms with Gasteiger partial charge in [0.15, 0.2) is 0 Å². The highest BCUT2D eigenvalue weighted by Gasteiger charge is 2.10. The van der Waals surface area contributed by atoms with Crippen molar-refractivity contribution in [2.75, 3.05) is 24.1 Å². The van der Waals surface area contributed by atoms with Gasteiger partial charge in [0.05, 0.1) is 11.4 Å². The van der Waals surface area contributed by atoms with Crippen LogP contribution < -0.4 is 16.4 Å². The molecule has 112 valence electrons. The van der Waals surface area contributed by atoms with Gasteiger partial charge in [-0.3, -0.25) is 4.79 Å². The Balaban J connectivity index is 1.74. The van der Waals surface area contributed by atoms with Crippen LogP contribution in [0.5, 0.6) is 0 Å². The molecule has 0 radical (unpaired) electrons. The summed E-state index contributed by atoms with van der Waals surface area (Å²) in [6.07, 6.45) is 3.22. The molecule has 0 spiro atoms. The lowest BCUT2D eigenvalue weighted by molar-refractivity contribution is 0.102. The monoisotopic (exact) mass is 293 g/mol. The molecule has 3 rings (SSSR count). The highest BCUT2D eigenvalue weighted by Crippen LogP contribution is 2.21. The van der Waals surface area contributed by atoms with Gasteiger partial charge in [-0.25, -0.2) is 0 Å². The van der Waals surface area contributed by atoms with Crippen molar-refractivity contribution < 1.29 is 4.79 Å². The fourth-order valence-electron chi connectivity index (χ4n) is 2.53. The molecule has 4 heteroatoms. The second kappa shape index (κ2) is 6.45. The number of anilines is 2. The third-order valence-electron chi connectivity index (χ3n) is 3.79. The van der Waals surface area contributed by atoms with Crippen LogP contribution in [-0.2, 0) is 0 Å². The SMILES string of the molecule is Nc1ccccc1NC(=O)c1ccc(C2=CCNCC2)cc1. The van der Waals surface area contributed by atoms with Crippen molar-refractivity contribution in [1.82, 2.24) is 5.32 Å². The number of hydrogen-bond donors (Lipinski definition) is 3. The van der Waals surface area contributed by atoms with Gasteiger partial charge in [0, 0.05) is 12.1 Å². The van der Waals surface area contributed by atoms with Gasteiger partial charge in [-0.1, -0.05) is 30.3 Å². The van der Waals surface area contributed by atoms with Crippen LogP contribution >= 0.6 is 0 Å². The number of nitrogen functional groups attached to an aromatic ring is 1. The number of nitrogens with two attached hydrogens (primary N) is 1. The fraction of sp³-hybridized carbons (Fsp3) is 0.167. The summed E-state index contributed by atoms with van der Waals surface area (Å²) in [5.41, 5.74) is 10.2. The standard InChI is InChI=1S/C18H19N3O/c19-16-3-1-2-4-17(16)21-18(22)15-7-5-13(6-8-15)14-9-11-20-12-10-14/h1-9,20H,10-12,19H2,(H,21,22). The minimum absolute atomic E-state index is 0.149. The zero-order valence-corrected chi connectivity index (χ0v) is 12.3. The van der Waals surface area contributed by atoms with Gasteiger partial charge in [0.1, 0.15) is 0 Å². The summed E-state index contributed by atoms with van der Waals surface area (Å²) in [4.78, 5) is 12.3. The van der Waals surface area contributed by atoms with Crippen molar-refractivity contribution in [3.8, 4) is 0 Å². The molecule has 0 atom stereocenters. The molecule has 1 amide bonds. The van der Waals surface area contributed by atoms with Crippen LogP contribution in [0.25, 0.3) is 5.57 Å². The summed E-state index contributed by atoms with van der Waals surface area (Å²) < 4.78 is 0. The van der Waals surface area contributed by atoms with Crippen molar-refractivity contribution >= 4 is 22.9 Å². The van der Waals surface area contributed by atoms with Gasteiger partial charge in [0.25, 0.3) is 5.91 Å². The molecular weight excluding hydrogens is 274 g/mol. The van der Waals surface area contributed by atoms with Gasteiger partial charge in [0.2, 0.25) is 0 Å². The van der Waals surface area contributed by atoms with E-state index in [9.17, 15) is 4.79 Å². The first-order valence-corrected chi connectivity index (χ1v) is 7.40. The maximum Gasteiger partial charge on any atom is 0.255 e. The largest absolute Gasteiger partial charge is 0.397 e. The van der Waals surface area contributed by atoms with E-state index in [-0.39, 0.29) is 5.91 Å². The van der Waals surface area contributed by atoms with Crippen molar-refractivity contribution in [2.24, 2.45) is 0 Å². The Morgan fingerprint density at radius 3 is 2.55 bits per heavy atom. The van der Waals surface area contributed by atoms with E-state index in [1.54, 1.807) is 12.1 Å². The average Bonchev–Trinajstić information content (AvgIpc) is 2.58. The van der Waals surface area contributed by atoms with E-state index in [0.29, 0.717) is 16.9 Å². The molecule has 0 unspecified atom stereocenters. The number of benzene rings is 2. The van der Waals surface area contributed by atoms with E-state index in [0.717, 1.165) is 19.5 Å². The summed E-state index contributed by atoms with van der Waals surface area (Å²) in [6, 6.07) is 15.0. The number of carbonyl (C=O) groups is 1. The average molecular weight is 293 g/mol.